The first-order valence-electron chi connectivity index (χ1n) is 5.77. The van der Waals surface area contributed by atoms with Crippen molar-refractivity contribution in [2.24, 2.45) is 0 Å². The predicted octanol–water partition coefficient (Wildman–Crippen LogP) is 3.55. The van der Waals surface area contributed by atoms with Crippen molar-refractivity contribution in [2.45, 2.75) is 20.4 Å². The van der Waals surface area contributed by atoms with Gasteiger partial charge in [-0.1, -0.05) is 11.6 Å². The number of anilines is 2. The van der Waals surface area contributed by atoms with Crippen molar-refractivity contribution in [3.63, 3.8) is 0 Å². The van der Waals surface area contributed by atoms with E-state index in [4.69, 9.17) is 17.3 Å². The molecule has 0 bridgehead atoms. The molecule has 0 spiro atoms. The Morgan fingerprint density at radius 2 is 2.06 bits per heavy atom. The minimum absolute atomic E-state index is 0.686. The van der Waals surface area contributed by atoms with Crippen LogP contribution in [0.2, 0.25) is 5.02 Å². The number of halogens is 1. The summed E-state index contributed by atoms with van der Waals surface area (Å²) in [5, 5.41) is 4.05. The number of hydrogen-bond acceptors (Lipinski definition) is 3. The molecule has 3 nitrogen and oxygen atoms in total. The molecule has 0 aliphatic heterocycles. The maximum absolute atomic E-state index is 6.09. The van der Waals surface area contributed by atoms with Crippen LogP contribution in [0.1, 0.15) is 16.7 Å². The molecule has 0 saturated heterocycles. The maximum atomic E-state index is 6.09. The van der Waals surface area contributed by atoms with E-state index in [1.807, 2.05) is 31.3 Å². The van der Waals surface area contributed by atoms with Crippen molar-refractivity contribution in [3.05, 3.63) is 52.3 Å². The van der Waals surface area contributed by atoms with Gasteiger partial charge < -0.3 is 11.1 Å². The largest absolute Gasteiger partial charge is 0.397 e. The van der Waals surface area contributed by atoms with Gasteiger partial charge in [-0.25, -0.2) is 0 Å². The summed E-state index contributed by atoms with van der Waals surface area (Å²) in [6.07, 6.45) is 3.65. The van der Waals surface area contributed by atoms with Gasteiger partial charge in [0, 0.05) is 24.0 Å². The normalized spacial score (nSPS) is 10.4. The Hall–Kier alpha value is -1.74. The van der Waals surface area contributed by atoms with E-state index in [1.165, 1.54) is 5.56 Å². The van der Waals surface area contributed by atoms with Crippen LogP contribution in [-0.2, 0) is 6.54 Å². The molecule has 2 rings (SSSR count). The average molecular weight is 262 g/mol. The quantitative estimate of drug-likeness (QED) is 0.831. The van der Waals surface area contributed by atoms with E-state index in [9.17, 15) is 0 Å². The number of hydrogen-bond donors (Lipinski definition) is 2. The summed E-state index contributed by atoms with van der Waals surface area (Å²) in [5.41, 5.74) is 10.9. The Morgan fingerprint density at radius 1 is 1.28 bits per heavy atom. The maximum Gasteiger partial charge on any atom is 0.0621 e. The third-order valence-corrected chi connectivity index (χ3v) is 3.44. The first-order valence-corrected chi connectivity index (χ1v) is 6.15. The summed E-state index contributed by atoms with van der Waals surface area (Å²) in [7, 11) is 0. The highest BCUT2D eigenvalue weighted by molar-refractivity contribution is 6.31. The van der Waals surface area contributed by atoms with E-state index in [2.05, 4.69) is 17.2 Å². The molecule has 0 fully saturated rings. The van der Waals surface area contributed by atoms with Gasteiger partial charge in [-0.3, -0.25) is 4.98 Å². The number of nitrogens with two attached hydrogens (primary N) is 1. The molecule has 0 unspecified atom stereocenters. The zero-order valence-electron chi connectivity index (χ0n) is 10.5. The molecule has 4 heteroatoms. The predicted molar refractivity (Wildman–Crippen MR) is 76.9 cm³/mol. The lowest BCUT2D eigenvalue weighted by atomic mass is 10.1. The van der Waals surface area contributed by atoms with Crippen molar-refractivity contribution in [1.82, 2.24) is 4.98 Å². The van der Waals surface area contributed by atoms with E-state index in [1.54, 1.807) is 6.20 Å². The zero-order chi connectivity index (χ0) is 13.1. The second-order valence-electron chi connectivity index (χ2n) is 4.29. The lowest BCUT2D eigenvalue weighted by Crippen LogP contribution is -2.06. The van der Waals surface area contributed by atoms with Gasteiger partial charge in [0.05, 0.1) is 11.4 Å². The molecule has 18 heavy (non-hydrogen) atoms. The van der Waals surface area contributed by atoms with E-state index in [0.717, 1.165) is 21.8 Å². The van der Waals surface area contributed by atoms with E-state index < -0.39 is 0 Å². The highest BCUT2D eigenvalue weighted by Gasteiger charge is 2.07. The lowest BCUT2D eigenvalue weighted by molar-refractivity contribution is 1.08. The first-order chi connectivity index (χ1) is 8.59. The Balaban J connectivity index is 2.21. The van der Waals surface area contributed by atoms with E-state index >= 15 is 0 Å². The van der Waals surface area contributed by atoms with Gasteiger partial charge in [-0.05, 0) is 48.7 Å². The molecule has 0 aliphatic carbocycles. The van der Waals surface area contributed by atoms with Gasteiger partial charge in [0.2, 0.25) is 0 Å². The van der Waals surface area contributed by atoms with Crippen LogP contribution in [0.15, 0.2) is 30.6 Å². The van der Waals surface area contributed by atoms with Crippen LogP contribution >= 0.6 is 11.6 Å². The summed E-state index contributed by atoms with van der Waals surface area (Å²) < 4.78 is 0. The standard InChI is InChI=1S/C14H16ClN3/c1-9-5-6-17-7-11(9)8-18-14-10(2)12(15)3-4-13(14)16/h3-7,18H,8,16H2,1-2H3. The highest BCUT2D eigenvalue weighted by Crippen LogP contribution is 2.29. The molecule has 94 valence electrons. The van der Waals surface area contributed by atoms with Gasteiger partial charge in [-0.15, -0.1) is 0 Å². The summed E-state index contributed by atoms with van der Waals surface area (Å²) in [4.78, 5) is 4.12. The van der Waals surface area contributed by atoms with Crippen molar-refractivity contribution in [2.75, 3.05) is 11.1 Å². The van der Waals surface area contributed by atoms with Crippen LogP contribution in [0.4, 0.5) is 11.4 Å². The van der Waals surface area contributed by atoms with Crippen LogP contribution in [0.25, 0.3) is 0 Å². The fourth-order valence-electron chi connectivity index (χ4n) is 1.81. The van der Waals surface area contributed by atoms with Crippen molar-refractivity contribution in [1.29, 1.82) is 0 Å². The molecule has 1 aromatic heterocycles. The number of aromatic nitrogens is 1. The van der Waals surface area contributed by atoms with Crippen LogP contribution in [0, 0.1) is 13.8 Å². The summed E-state index contributed by atoms with van der Waals surface area (Å²) in [6.45, 7) is 4.70. The Morgan fingerprint density at radius 3 is 2.78 bits per heavy atom. The minimum atomic E-state index is 0.686. The number of benzene rings is 1. The molecule has 0 radical (unpaired) electrons. The smallest absolute Gasteiger partial charge is 0.0621 e. The SMILES string of the molecule is Cc1ccncc1CNc1c(N)ccc(Cl)c1C. The monoisotopic (exact) mass is 261 g/mol. The van der Waals surface area contributed by atoms with Crippen molar-refractivity contribution < 1.29 is 0 Å². The second-order valence-corrected chi connectivity index (χ2v) is 4.70. The molecule has 0 saturated carbocycles. The van der Waals surface area contributed by atoms with Crippen LogP contribution < -0.4 is 11.1 Å². The average Bonchev–Trinajstić information content (AvgIpc) is 2.36. The molecular formula is C14H16ClN3. The van der Waals surface area contributed by atoms with Gasteiger partial charge in [0.15, 0.2) is 0 Å². The van der Waals surface area contributed by atoms with Gasteiger partial charge >= 0.3 is 0 Å². The summed E-state index contributed by atoms with van der Waals surface area (Å²) in [6, 6.07) is 5.62. The lowest BCUT2D eigenvalue weighted by Gasteiger charge is -2.14. The Kier molecular flexibility index (Phi) is 3.72. The van der Waals surface area contributed by atoms with Crippen molar-refractivity contribution in [3.8, 4) is 0 Å². The van der Waals surface area contributed by atoms with Crippen LogP contribution in [-0.4, -0.2) is 4.98 Å². The summed E-state index contributed by atoms with van der Waals surface area (Å²) >= 11 is 6.09. The number of pyridine rings is 1. The van der Waals surface area contributed by atoms with Crippen LogP contribution in [0.3, 0.4) is 0 Å². The molecule has 0 amide bonds. The molecule has 0 atom stereocenters. The van der Waals surface area contributed by atoms with Gasteiger partial charge in [0.25, 0.3) is 0 Å². The number of nitrogens with zero attached hydrogens (tertiary/aromatic N) is 1. The summed E-state index contributed by atoms with van der Waals surface area (Å²) in [5.74, 6) is 0. The fraction of sp³-hybridized carbons (Fsp3) is 0.214. The molecule has 1 heterocycles. The topological polar surface area (TPSA) is 50.9 Å². The number of nitrogens with one attached hydrogen (secondary N) is 1. The molecule has 0 aliphatic rings. The minimum Gasteiger partial charge on any atom is -0.397 e. The van der Waals surface area contributed by atoms with Crippen molar-refractivity contribution >= 4 is 23.0 Å². The Labute approximate surface area is 112 Å². The Bertz CT molecular complexity index is 567. The van der Waals surface area contributed by atoms with Gasteiger partial charge in [0.1, 0.15) is 0 Å². The third-order valence-electron chi connectivity index (χ3n) is 3.03. The molecule has 3 N–H and O–H groups in total. The highest BCUT2D eigenvalue weighted by atomic mass is 35.5. The van der Waals surface area contributed by atoms with Gasteiger partial charge in [-0.2, -0.15) is 0 Å². The van der Waals surface area contributed by atoms with E-state index in [-0.39, 0.29) is 0 Å². The number of nitrogen functional groups attached to an aromatic ring is 1. The second kappa shape index (κ2) is 5.27. The molecule has 1 aromatic carbocycles. The third kappa shape index (κ3) is 2.57. The number of rotatable bonds is 3. The first kappa shape index (κ1) is 12.7. The number of aryl methyl sites for hydroxylation is 1. The molecule has 2 aromatic rings. The van der Waals surface area contributed by atoms with Crippen LogP contribution in [0.5, 0.6) is 0 Å². The van der Waals surface area contributed by atoms with E-state index in [0.29, 0.717) is 12.2 Å². The fourth-order valence-corrected chi connectivity index (χ4v) is 1.96. The zero-order valence-corrected chi connectivity index (χ0v) is 11.3. The molecular weight excluding hydrogens is 246 g/mol.